The van der Waals surface area contributed by atoms with Crippen LogP contribution in [-0.4, -0.2) is 25.2 Å². The van der Waals surface area contributed by atoms with Crippen LogP contribution in [0.2, 0.25) is 0 Å². The van der Waals surface area contributed by atoms with Crippen LogP contribution in [0.5, 0.6) is 0 Å². The molecule has 0 aromatic heterocycles. The van der Waals surface area contributed by atoms with Gasteiger partial charge in [-0.3, -0.25) is 0 Å². The first kappa shape index (κ1) is 3.18. The van der Waals surface area contributed by atoms with E-state index in [0.29, 0.717) is 0 Å². The van der Waals surface area contributed by atoms with Gasteiger partial charge in [-0.2, -0.15) is 0 Å². The zero-order valence-corrected chi connectivity index (χ0v) is 5.19. The molecule has 1 saturated heterocycles. The molecule has 1 fully saturated rings. The number of hydrogen-bond acceptors (Lipinski definition) is 2. The van der Waals surface area contributed by atoms with Crippen LogP contribution in [0.4, 0.5) is 0 Å². The lowest BCUT2D eigenvalue weighted by molar-refractivity contribution is 0.0560. The Morgan fingerprint density at radius 3 is 3.12 bits per heavy atom. The monoisotopic (exact) mass is 118 g/mol. The average molecular weight is 118 g/mol. The van der Waals surface area contributed by atoms with Gasteiger partial charge in [0.05, 0.1) is 15.9 Å². The molecule has 1 aliphatic heterocycles. The largest absolute Gasteiger partial charge is 0.378 e. The SMILES string of the molecule is [2H]C1(C)COC([2H])([2H])C(C)N1. The van der Waals surface area contributed by atoms with Crippen LogP contribution < -0.4 is 5.32 Å². The van der Waals surface area contributed by atoms with Gasteiger partial charge >= 0.3 is 0 Å². The summed E-state index contributed by atoms with van der Waals surface area (Å²) in [5.74, 6) is 0. The molecule has 48 valence electrons. The summed E-state index contributed by atoms with van der Waals surface area (Å²) in [6.45, 7) is 1.79. The molecule has 0 aromatic carbocycles. The molecule has 8 heavy (non-hydrogen) atoms. The maximum Gasteiger partial charge on any atom is 0.0617 e. The first-order valence-electron chi connectivity index (χ1n) is 4.25. The topological polar surface area (TPSA) is 21.3 Å². The summed E-state index contributed by atoms with van der Waals surface area (Å²) in [5, 5.41) is 2.81. The summed E-state index contributed by atoms with van der Waals surface area (Å²) in [4.78, 5) is 0. The lowest BCUT2D eigenvalue weighted by Gasteiger charge is -2.25. The molecular formula is C6H13NO. The van der Waals surface area contributed by atoms with Gasteiger partial charge in [0.25, 0.3) is 0 Å². The highest BCUT2D eigenvalue weighted by Gasteiger charge is 2.12. The minimum atomic E-state index is -1.64. The summed E-state index contributed by atoms with van der Waals surface area (Å²) in [5.41, 5.74) is 0. The number of hydrogen-bond donors (Lipinski definition) is 1. The molecule has 1 heterocycles. The zero-order chi connectivity index (χ0) is 8.70. The molecule has 0 spiro atoms. The van der Waals surface area contributed by atoms with Crippen LogP contribution in [0.15, 0.2) is 0 Å². The molecule has 0 bridgehead atoms. The van der Waals surface area contributed by atoms with Crippen molar-refractivity contribution in [2.45, 2.75) is 25.9 Å². The summed E-state index contributed by atoms with van der Waals surface area (Å²) in [6, 6.07) is -1.29. The van der Waals surface area contributed by atoms with Gasteiger partial charge in [-0.05, 0) is 13.8 Å². The van der Waals surface area contributed by atoms with Crippen molar-refractivity contribution in [1.82, 2.24) is 5.32 Å². The second kappa shape index (κ2) is 2.46. The van der Waals surface area contributed by atoms with E-state index in [9.17, 15) is 0 Å². The molecule has 0 saturated carbocycles. The smallest absolute Gasteiger partial charge is 0.0617 e. The van der Waals surface area contributed by atoms with Crippen LogP contribution in [-0.2, 0) is 4.74 Å². The van der Waals surface area contributed by atoms with E-state index in [2.05, 4.69) is 5.32 Å². The number of morpholine rings is 1. The van der Waals surface area contributed by atoms with Crippen LogP contribution in [0.25, 0.3) is 0 Å². The minimum Gasteiger partial charge on any atom is -0.378 e. The van der Waals surface area contributed by atoms with E-state index in [4.69, 9.17) is 8.85 Å². The van der Waals surface area contributed by atoms with Crippen LogP contribution in [0.3, 0.4) is 0 Å². The summed E-state index contributed by atoms with van der Waals surface area (Å²) in [7, 11) is 0. The van der Waals surface area contributed by atoms with Crippen LogP contribution in [0.1, 0.15) is 18.0 Å². The fourth-order valence-corrected chi connectivity index (χ4v) is 0.716. The van der Waals surface area contributed by atoms with E-state index in [0.717, 1.165) is 0 Å². The van der Waals surface area contributed by atoms with Gasteiger partial charge in [0, 0.05) is 13.4 Å². The van der Waals surface area contributed by atoms with Gasteiger partial charge in [0.1, 0.15) is 0 Å². The lowest BCUT2D eigenvalue weighted by Crippen LogP contribution is -2.45. The van der Waals surface area contributed by atoms with Crippen molar-refractivity contribution in [2.75, 3.05) is 13.2 Å². The molecular weight excluding hydrogens is 102 g/mol. The standard InChI is InChI=1S/C6H13NO/c1-5-3-8-4-6(2)7-5/h5-7H,3-4H2,1-2H3/i3D2,6D. The number of ether oxygens (including phenoxy) is 1. The van der Waals surface area contributed by atoms with Crippen LogP contribution in [0, 0.1) is 0 Å². The molecule has 0 aliphatic carbocycles. The molecule has 2 unspecified atom stereocenters. The Morgan fingerprint density at radius 1 is 1.88 bits per heavy atom. The van der Waals surface area contributed by atoms with E-state index in [1.165, 1.54) is 0 Å². The van der Waals surface area contributed by atoms with Gasteiger partial charge in [-0.1, -0.05) is 0 Å². The Hall–Kier alpha value is -0.0800. The normalized spacial score (nSPS) is 60.8. The van der Waals surface area contributed by atoms with Gasteiger partial charge in [-0.15, -0.1) is 0 Å². The van der Waals surface area contributed by atoms with Crippen molar-refractivity contribution in [3.8, 4) is 0 Å². The molecule has 0 aromatic rings. The Labute approximate surface area is 54.4 Å². The highest BCUT2D eigenvalue weighted by Crippen LogP contribution is 1.96. The number of rotatable bonds is 0. The molecule has 1 rings (SSSR count). The highest BCUT2D eigenvalue weighted by atomic mass is 16.5. The highest BCUT2D eigenvalue weighted by molar-refractivity contribution is 4.70. The van der Waals surface area contributed by atoms with Crippen LogP contribution >= 0.6 is 0 Å². The molecule has 2 atom stereocenters. The zero-order valence-electron chi connectivity index (χ0n) is 8.19. The van der Waals surface area contributed by atoms with E-state index < -0.39 is 18.6 Å². The predicted molar refractivity (Wildman–Crippen MR) is 32.9 cm³/mol. The summed E-state index contributed by atoms with van der Waals surface area (Å²) in [6.07, 6.45) is 0. The van der Waals surface area contributed by atoms with Gasteiger partial charge in [0.15, 0.2) is 0 Å². The maximum absolute atomic E-state index is 7.53. The average Bonchev–Trinajstić information content (AvgIpc) is 1.81. The Kier molecular flexibility index (Phi) is 0.980. The first-order chi connectivity index (χ1) is 4.83. The van der Waals surface area contributed by atoms with Gasteiger partial charge in [0.2, 0.25) is 0 Å². The van der Waals surface area contributed by atoms with E-state index in [1.54, 1.807) is 13.8 Å². The predicted octanol–water partition coefficient (Wildman–Crippen LogP) is 0.383. The third-order valence-corrected chi connectivity index (χ3v) is 1.01. The van der Waals surface area contributed by atoms with Crippen molar-refractivity contribution in [3.05, 3.63) is 0 Å². The number of nitrogens with one attached hydrogen (secondary N) is 1. The van der Waals surface area contributed by atoms with Crippen molar-refractivity contribution in [2.24, 2.45) is 0 Å². The molecule has 2 heteroatoms. The van der Waals surface area contributed by atoms with Crippen molar-refractivity contribution in [3.63, 3.8) is 0 Å². The molecule has 2 nitrogen and oxygen atoms in total. The fourth-order valence-electron chi connectivity index (χ4n) is 0.716. The van der Waals surface area contributed by atoms with E-state index in [1.807, 2.05) is 0 Å². The minimum absolute atomic E-state index is 0.0876. The molecule has 0 radical (unpaired) electrons. The molecule has 1 aliphatic rings. The van der Waals surface area contributed by atoms with Crippen molar-refractivity contribution < 1.29 is 8.85 Å². The Bertz CT molecular complexity index is 160. The third-order valence-electron chi connectivity index (χ3n) is 1.01. The third kappa shape index (κ3) is 1.46. The Balaban J connectivity index is 2.63. The van der Waals surface area contributed by atoms with Gasteiger partial charge in [-0.25, -0.2) is 0 Å². The summed E-state index contributed by atoms with van der Waals surface area (Å²) < 4.78 is 27.0. The quantitative estimate of drug-likeness (QED) is 0.496. The van der Waals surface area contributed by atoms with Gasteiger partial charge < -0.3 is 10.1 Å². The molecule has 1 N–H and O–H groups in total. The second-order valence-electron chi connectivity index (χ2n) is 2.05. The lowest BCUT2D eigenvalue weighted by atomic mass is 10.2. The Morgan fingerprint density at radius 2 is 2.62 bits per heavy atom. The molecule has 0 amide bonds. The fraction of sp³-hybridized carbons (Fsp3) is 1.00. The van der Waals surface area contributed by atoms with E-state index >= 15 is 0 Å². The first-order valence-corrected chi connectivity index (χ1v) is 2.75. The summed E-state index contributed by atoms with van der Waals surface area (Å²) >= 11 is 0. The van der Waals surface area contributed by atoms with E-state index in [-0.39, 0.29) is 6.61 Å². The second-order valence-corrected chi connectivity index (χ2v) is 2.05. The van der Waals surface area contributed by atoms with Crippen molar-refractivity contribution in [1.29, 1.82) is 0 Å². The maximum atomic E-state index is 7.53. The van der Waals surface area contributed by atoms with Crippen molar-refractivity contribution >= 4 is 0 Å².